The number of rotatable bonds is 1. The van der Waals surface area contributed by atoms with Crippen molar-refractivity contribution in [2.24, 2.45) is 0 Å². The topological polar surface area (TPSA) is 20.2 Å². The lowest BCUT2D eigenvalue weighted by atomic mass is 9.82. The first kappa shape index (κ1) is 10.6. The Labute approximate surface area is 87.7 Å². The van der Waals surface area contributed by atoms with Crippen molar-refractivity contribution in [1.82, 2.24) is 0 Å². The normalized spacial score (nSPS) is 26.6. The van der Waals surface area contributed by atoms with Crippen LogP contribution in [0.2, 0.25) is 0 Å². The molecule has 2 atom stereocenters. The number of aliphatic hydroxyl groups excluding tert-OH is 1. The van der Waals surface area contributed by atoms with Gasteiger partial charge in [0.05, 0.1) is 6.10 Å². The highest BCUT2D eigenvalue weighted by Crippen LogP contribution is 2.33. The Balaban J connectivity index is 2.27. The van der Waals surface area contributed by atoms with E-state index in [2.05, 4.69) is 0 Å². The Morgan fingerprint density at radius 1 is 1.00 bits per heavy atom. The number of hydrogen-bond acceptors (Lipinski definition) is 1. The van der Waals surface area contributed by atoms with Crippen LogP contribution in [0.25, 0.3) is 0 Å². The van der Waals surface area contributed by atoms with Crippen LogP contribution in [0.3, 0.4) is 0 Å². The first-order valence-corrected chi connectivity index (χ1v) is 5.31. The highest BCUT2D eigenvalue weighted by molar-refractivity contribution is 5.23. The Hall–Kier alpha value is -0.960. The van der Waals surface area contributed by atoms with Crippen LogP contribution in [0.5, 0.6) is 0 Å². The summed E-state index contributed by atoms with van der Waals surface area (Å²) in [7, 11) is 0. The maximum atomic E-state index is 13.0. The first-order chi connectivity index (χ1) is 7.16. The molecule has 1 aliphatic rings. The van der Waals surface area contributed by atoms with Crippen LogP contribution in [0, 0.1) is 11.6 Å². The summed E-state index contributed by atoms with van der Waals surface area (Å²) < 4.78 is 26.0. The minimum atomic E-state index is -0.567. The van der Waals surface area contributed by atoms with E-state index in [1.807, 2.05) is 0 Å². The molecule has 0 amide bonds. The second kappa shape index (κ2) is 4.27. The van der Waals surface area contributed by atoms with Crippen molar-refractivity contribution in [2.75, 3.05) is 0 Å². The molecule has 0 heterocycles. The molecule has 82 valence electrons. The summed E-state index contributed by atoms with van der Waals surface area (Å²) in [6, 6.07) is 3.50. The molecule has 0 aliphatic heterocycles. The summed E-state index contributed by atoms with van der Waals surface area (Å²) in [4.78, 5) is 0. The first-order valence-electron chi connectivity index (χ1n) is 5.31. The SMILES string of the molecule is OC1CCCCC1c1cc(F)cc(F)c1. The summed E-state index contributed by atoms with van der Waals surface area (Å²) in [5.74, 6) is -1.24. The molecule has 1 saturated carbocycles. The van der Waals surface area contributed by atoms with Gasteiger partial charge in [-0.05, 0) is 30.5 Å². The molecular formula is C12H14F2O. The molecule has 1 N–H and O–H groups in total. The molecule has 1 nitrogen and oxygen atoms in total. The molecule has 0 spiro atoms. The van der Waals surface area contributed by atoms with Gasteiger partial charge in [-0.2, -0.15) is 0 Å². The summed E-state index contributed by atoms with van der Waals surface area (Å²) >= 11 is 0. The zero-order chi connectivity index (χ0) is 10.8. The van der Waals surface area contributed by atoms with E-state index in [1.165, 1.54) is 12.1 Å². The maximum Gasteiger partial charge on any atom is 0.126 e. The van der Waals surface area contributed by atoms with E-state index in [0.717, 1.165) is 31.7 Å². The van der Waals surface area contributed by atoms with Crippen molar-refractivity contribution in [2.45, 2.75) is 37.7 Å². The summed E-state index contributed by atoms with van der Waals surface area (Å²) in [6.07, 6.45) is 3.09. The lowest BCUT2D eigenvalue weighted by molar-refractivity contribution is 0.106. The van der Waals surface area contributed by atoms with Crippen molar-refractivity contribution >= 4 is 0 Å². The van der Waals surface area contributed by atoms with Gasteiger partial charge < -0.3 is 5.11 Å². The highest BCUT2D eigenvalue weighted by atomic mass is 19.1. The van der Waals surface area contributed by atoms with Crippen LogP contribution in [0.1, 0.15) is 37.2 Å². The van der Waals surface area contributed by atoms with E-state index in [0.29, 0.717) is 5.56 Å². The van der Waals surface area contributed by atoms with Gasteiger partial charge >= 0.3 is 0 Å². The van der Waals surface area contributed by atoms with E-state index in [9.17, 15) is 13.9 Å². The Morgan fingerprint density at radius 3 is 2.20 bits per heavy atom. The van der Waals surface area contributed by atoms with Gasteiger partial charge in [0.2, 0.25) is 0 Å². The minimum Gasteiger partial charge on any atom is -0.392 e. The quantitative estimate of drug-likeness (QED) is 0.758. The van der Waals surface area contributed by atoms with Crippen LogP contribution in [-0.2, 0) is 0 Å². The Bertz CT molecular complexity index is 331. The van der Waals surface area contributed by atoms with E-state index < -0.39 is 17.7 Å². The van der Waals surface area contributed by atoms with Gasteiger partial charge in [-0.15, -0.1) is 0 Å². The molecular weight excluding hydrogens is 198 g/mol. The average Bonchev–Trinajstić information content (AvgIpc) is 2.16. The van der Waals surface area contributed by atoms with Crippen molar-refractivity contribution in [3.63, 3.8) is 0 Å². The third kappa shape index (κ3) is 2.34. The molecule has 15 heavy (non-hydrogen) atoms. The lowest BCUT2D eigenvalue weighted by Gasteiger charge is -2.27. The maximum absolute atomic E-state index is 13.0. The fourth-order valence-corrected chi connectivity index (χ4v) is 2.29. The van der Waals surface area contributed by atoms with Crippen molar-refractivity contribution < 1.29 is 13.9 Å². The Morgan fingerprint density at radius 2 is 1.60 bits per heavy atom. The zero-order valence-electron chi connectivity index (χ0n) is 8.42. The molecule has 1 aliphatic carbocycles. The largest absolute Gasteiger partial charge is 0.392 e. The summed E-state index contributed by atoms with van der Waals surface area (Å²) in [5.41, 5.74) is 0.583. The lowest BCUT2D eigenvalue weighted by Crippen LogP contribution is -2.22. The van der Waals surface area contributed by atoms with Crippen LogP contribution in [0.15, 0.2) is 18.2 Å². The third-order valence-electron chi connectivity index (χ3n) is 3.04. The fraction of sp³-hybridized carbons (Fsp3) is 0.500. The molecule has 0 bridgehead atoms. The van der Waals surface area contributed by atoms with E-state index in [-0.39, 0.29) is 5.92 Å². The second-order valence-corrected chi connectivity index (χ2v) is 4.16. The van der Waals surface area contributed by atoms with Crippen LogP contribution in [0.4, 0.5) is 8.78 Å². The summed E-state index contributed by atoms with van der Waals surface area (Å²) in [6.45, 7) is 0. The van der Waals surface area contributed by atoms with E-state index in [1.54, 1.807) is 0 Å². The molecule has 2 unspecified atom stereocenters. The van der Waals surface area contributed by atoms with Crippen molar-refractivity contribution in [3.8, 4) is 0 Å². The van der Waals surface area contributed by atoms with E-state index in [4.69, 9.17) is 0 Å². The highest BCUT2D eigenvalue weighted by Gasteiger charge is 2.25. The number of halogens is 2. The average molecular weight is 212 g/mol. The van der Waals surface area contributed by atoms with Gasteiger partial charge in [-0.3, -0.25) is 0 Å². The van der Waals surface area contributed by atoms with E-state index >= 15 is 0 Å². The molecule has 1 aromatic rings. The van der Waals surface area contributed by atoms with Gasteiger partial charge in [-0.1, -0.05) is 12.8 Å². The number of hydrogen-bond donors (Lipinski definition) is 1. The molecule has 2 rings (SSSR count). The number of aliphatic hydroxyl groups is 1. The monoisotopic (exact) mass is 212 g/mol. The van der Waals surface area contributed by atoms with Gasteiger partial charge in [0.1, 0.15) is 11.6 Å². The van der Waals surface area contributed by atoms with Crippen LogP contribution < -0.4 is 0 Å². The minimum absolute atomic E-state index is 0.107. The third-order valence-corrected chi connectivity index (χ3v) is 3.04. The van der Waals surface area contributed by atoms with Gasteiger partial charge in [0.15, 0.2) is 0 Å². The van der Waals surface area contributed by atoms with Gasteiger partial charge in [-0.25, -0.2) is 8.78 Å². The van der Waals surface area contributed by atoms with Gasteiger partial charge in [0.25, 0.3) is 0 Å². The van der Waals surface area contributed by atoms with Crippen LogP contribution >= 0.6 is 0 Å². The zero-order valence-corrected chi connectivity index (χ0v) is 8.42. The number of benzene rings is 1. The molecule has 0 saturated heterocycles. The van der Waals surface area contributed by atoms with Gasteiger partial charge in [0, 0.05) is 12.0 Å². The fourth-order valence-electron chi connectivity index (χ4n) is 2.29. The molecule has 0 radical (unpaired) electrons. The Kier molecular flexibility index (Phi) is 3.00. The smallest absolute Gasteiger partial charge is 0.126 e. The molecule has 3 heteroatoms. The van der Waals surface area contributed by atoms with Crippen molar-refractivity contribution in [3.05, 3.63) is 35.4 Å². The predicted octanol–water partition coefficient (Wildman–Crippen LogP) is 2.98. The predicted molar refractivity (Wildman–Crippen MR) is 53.6 cm³/mol. The molecule has 1 aromatic carbocycles. The van der Waals surface area contributed by atoms with Crippen molar-refractivity contribution in [1.29, 1.82) is 0 Å². The second-order valence-electron chi connectivity index (χ2n) is 4.16. The molecule has 1 fully saturated rings. The standard InChI is InChI=1S/C12H14F2O/c13-9-5-8(6-10(14)7-9)11-3-1-2-4-12(11)15/h5-7,11-12,15H,1-4H2. The van der Waals surface area contributed by atoms with Crippen LogP contribution in [-0.4, -0.2) is 11.2 Å². The molecule has 0 aromatic heterocycles. The summed E-state index contributed by atoms with van der Waals surface area (Å²) in [5, 5.41) is 9.76.